The quantitative estimate of drug-likeness (QED) is 0.540. The van der Waals surface area contributed by atoms with E-state index in [2.05, 4.69) is 26.1 Å². The Hall–Kier alpha value is -2.33. The molecule has 29 heavy (non-hydrogen) atoms. The first kappa shape index (κ1) is 21.4. The maximum absolute atomic E-state index is 12.0. The second kappa shape index (κ2) is 11.0. The van der Waals surface area contributed by atoms with Gasteiger partial charge in [0.2, 0.25) is 11.0 Å². The first-order valence-electron chi connectivity index (χ1n) is 9.69. The van der Waals surface area contributed by atoms with Crippen molar-refractivity contribution < 1.29 is 14.3 Å². The summed E-state index contributed by atoms with van der Waals surface area (Å²) in [5.41, 5.74) is 0.805. The van der Waals surface area contributed by atoms with Crippen molar-refractivity contribution in [1.82, 2.24) is 20.8 Å². The monoisotopic (exact) mass is 435 g/mol. The Morgan fingerprint density at radius 3 is 2.79 bits per heavy atom. The molecule has 8 nitrogen and oxygen atoms in total. The summed E-state index contributed by atoms with van der Waals surface area (Å²) in [7, 11) is 0. The number of hydrogen-bond acceptors (Lipinski definition) is 8. The van der Waals surface area contributed by atoms with Gasteiger partial charge in [-0.25, -0.2) is 4.79 Å². The number of thioether (sulfide) groups is 1. The van der Waals surface area contributed by atoms with Crippen molar-refractivity contribution in [2.45, 2.75) is 49.4 Å². The summed E-state index contributed by atoms with van der Waals surface area (Å²) >= 11 is 2.58. The Morgan fingerprint density at radius 2 is 2.00 bits per heavy atom. The molecule has 0 spiro atoms. The van der Waals surface area contributed by atoms with Gasteiger partial charge in [0.05, 0.1) is 18.0 Å². The Bertz CT molecular complexity index is 824. The van der Waals surface area contributed by atoms with Crippen LogP contribution in [0.5, 0.6) is 5.75 Å². The number of imide groups is 1. The average Bonchev–Trinajstić information content (AvgIpc) is 3.16. The summed E-state index contributed by atoms with van der Waals surface area (Å²) in [4.78, 5) is 23.9. The van der Waals surface area contributed by atoms with Gasteiger partial charge in [-0.3, -0.25) is 10.1 Å². The number of anilines is 2. The molecule has 3 N–H and O–H groups in total. The Kier molecular flexibility index (Phi) is 8.12. The Morgan fingerprint density at radius 1 is 1.21 bits per heavy atom. The minimum atomic E-state index is -0.422. The largest absolute Gasteiger partial charge is 0.492 e. The summed E-state index contributed by atoms with van der Waals surface area (Å²) in [5, 5.41) is 17.2. The number of benzene rings is 1. The third kappa shape index (κ3) is 6.90. The molecule has 10 heteroatoms. The number of rotatable bonds is 8. The molecule has 3 rings (SSSR count). The predicted octanol–water partition coefficient (Wildman–Crippen LogP) is 3.93. The number of urea groups is 1. The molecule has 1 aromatic heterocycles. The number of amides is 3. The number of nitrogens with one attached hydrogen (secondary N) is 3. The van der Waals surface area contributed by atoms with Crippen LogP contribution in [0.1, 0.15) is 39.0 Å². The molecule has 1 fully saturated rings. The van der Waals surface area contributed by atoms with E-state index in [0.717, 1.165) is 37.1 Å². The van der Waals surface area contributed by atoms with Crippen LogP contribution in [0.2, 0.25) is 0 Å². The molecular weight excluding hydrogens is 410 g/mol. The van der Waals surface area contributed by atoms with Crippen molar-refractivity contribution in [1.29, 1.82) is 0 Å². The second-order valence-electron chi connectivity index (χ2n) is 6.57. The molecule has 0 saturated heterocycles. The zero-order valence-electron chi connectivity index (χ0n) is 16.3. The minimum absolute atomic E-state index is 0.0995. The highest BCUT2D eigenvalue weighted by Gasteiger charge is 2.17. The van der Waals surface area contributed by atoms with Crippen LogP contribution in [0.3, 0.4) is 0 Å². The van der Waals surface area contributed by atoms with Gasteiger partial charge in [0.15, 0.2) is 4.34 Å². The van der Waals surface area contributed by atoms with Gasteiger partial charge in [0, 0.05) is 6.04 Å². The van der Waals surface area contributed by atoms with Crippen LogP contribution in [0, 0.1) is 0 Å². The fourth-order valence-electron chi connectivity index (χ4n) is 3.04. The highest BCUT2D eigenvalue weighted by molar-refractivity contribution is 8.01. The predicted molar refractivity (Wildman–Crippen MR) is 115 cm³/mol. The van der Waals surface area contributed by atoms with Crippen molar-refractivity contribution in [2.75, 3.05) is 17.7 Å². The van der Waals surface area contributed by atoms with Crippen LogP contribution in [-0.4, -0.2) is 40.5 Å². The maximum Gasteiger partial charge on any atom is 0.321 e. The van der Waals surface area contributed by atoms with Gasteiger partial charge in [0.25, 0.3) is 0 Å². The van der Waals surface area contributed by atoms with Gasteiger partial charge in [-0.05, 0) is 31.9 Å². The molecule has 156 valence electrons. The van der Waals surface area contributed by atoms with E-state index < -0.39 is 6.03 Å². The molecule has 1 heterocycles. The lowest BCUT2D eigenvalue weighted by atomic mass is 9.96. The zero-order valence-corrected chi connectivity index (χ0v) is 17.9. The molecule has 1 aliphatic carbocycles. The third-order valence-corrected chi connectivity index (χ3v) is 6.33. The van der Waals surface area contributed by atoms with E-state index in [4.69, 9.17) is 4.74 Å². The van der Waals surface area contributed by atoms with Crippen molar-refractivity contribution in [3.05, 3.63) is 24.3 Å². The maximum atomic E-state index is 12.0. The molecule has 0 radical (unpaired) electrons. The molecule has 0 atom stereocenters. The van der Waals surface area contributed by atoms with Gasteiger partial charge in [-0.2, -0.15) is 0 Å². The van der Waals surface area contributed by atoms with Gasteiger partial charge in [-0.1, -0.05) is 54.5 Å². The number of carbonyl (C=O) groups excluding carboxylic acids is 2. The van der Waals surface area contributed by atoms with Crippen LogP contribution in [0.25, 0.3) is 0 Å². The summed E-state index contributed by atoms with van der Waals surface area (Å²) in [6, 6.07) is 7.34. The Balaban J connectivity index is 1.44. The van der Waals surface area contributed by atoms with E-state index in [0.29, 0.717) is 16.1 Å². The van der Waals surface area contributed by atoms with Crippen LogP contribution in [-0.2, 0) is 4.79 Å². The molecule has 1 aliphatic rings. The minimum Gasteiger partial charge on any atom is -0.492 e. The lowest BCUT2D eigenvalue weighted by Crippen LogP contribution is -2.45. The molecule has 3 amide bonds. The summed E-state index contributed by atoms with van der Waals surface area (Å²) in [6.45, 7) is 2.50. The van der Waals surface area contributed by atoms with Crippen LogP contribution in [0.15, 0.2) is 28.6 Å². The first-order valence-corrected chi connectivity index (χ1v) is 11.5. The number of aromatic nitrogens is 2. The van der Waals surface area contributed by atoms with Gasteiger partial charge < -0.3 is 15.4 Å². The van der Waals surface area contributed by atoms with Crippen molar-refractivity contribution in [3.8, 4) is 5.75 Å². The second-order valence-corrected chi connectivity index (χ2v) is 8.77. The highest BCUT2D eigenvalue weighted by atomic mass is 32.2. The summed E-state index contributed by atoms with van der Waals surface area (Å²) in [6.07, 6.45) is 5.41. The number of para-hydroxylation sites is 2. The molecule has 1 saturated carbocycles. The van der Waals surface area contributed by atoms with E-state index in [1.165, 1.54) is 29.5 Å². The van der Waals surface area contributed by atoms with Crippen molar-refractivity contribution in [3.63, 3.8) is 0 Å². The number of hydrogen-bond donors (Lipinski definition) is 3. The average molecular weight is 436 g/mol. The normalized spacial score (nSPS) is 14.2. The van der Waals surface area contributed by atoms with E-state index >= 15 is 0 Å². The lowest BCUT2D eigenvalue weighted by Gasteiger charge is -2.22. The number of carbonyl (C=O) groups is 2. The van der Waals surface area contributed by atoms with Crippen LogP contribution >= 0.6 is 23.1 Å². The molecule has 0 bridgehead atoms. The van der Waals surface area contributed by atoms with Gasteiger partial charge in [-0.15, -0.1) is 10.2 Å². The SMILES string of the molecule is CCOc1ccccc1Nc1nnc(SCC(=O)NC(=O)NC2CCCCC2)s1. The summed E-state index contributed by atoms with van der Waals surface area (Å²) < 4.78 is 6.23. The topological polar surface area (TPSA) is 105 Å². The van der Waals surface area contributed by atoms with E-state index in [1.54, 1.807) is 0 Å². The van der Waals surface area contributed by atoms with Gasteiger partial charge in [0.1, 0.15) is 5.75 Å². The fourth-order valence-corrected chi connectivity index (χ4v) is 4.61. The third-order valence-electron chi connectivity index (χ3n) is 4.36. The summed E-state index contributed by atoms with van der Waals surface area (Å²) in [5.74, 6) is 0.486. The van der Waals surface area contributed by atoms with Crippen molar-refractivity contribution in [2.24, 2.45) is 0 Å². The van der Waals surface area contributed by atoms with Gasteiger partial charge >= 0.3 is 6.03 Å². The smallest absolute Gasteiger partial charge is 0.321 e. The Labute approximate surface area is 178 Å². The van der Waals surface area contributed by atoms with E-state index in [9.17, 15) is 9.59 Å². The standard InChI is InChI=1S/C19H25N5O3S2/c1-2-27-15-11-7-6-10-14(15)21-18-23-24-19(29-18)28-12-16(25)22-17(26)20-13-8-4-3-5-9-13/h6-7,10-11,13H,2-5,8-9,12H2,1H3,(H,21,23)(H2,20,22,25,26). The highest BCUT2D eigenvalue weighted by Crippen LogP contribution is 2.31. The molecule has 0 aliphatic heterocycles. The first-order chi connectivity index (χ1) is 14.1. The number of nitrogens with zero attached hydrogens (tertiary/aromatic N) is 2. The fraction of sp³-hybridized carbons (Fsp3) is 0.474. The molecular formula is C19H25N5O3S2. The van der Waals surface area contributed by atoms with E-state index in [-0.39, 0.29) is 17.7 Å². The molecule has 0 unspecified atom stereocenters. The van der Waals surface area contributed by atoms with E-state index in [1.807, 2.05) is 31.2 Å². The molecule has 1 aromatic carbocycles. The van der Waals surface area contributed by atoms with Crippen LogP contribution < -0.4 is 20.7 Å². The van der Waals surface area contributed by atoms with Crippen LogP contribution in [0.4, 0.5) is 15.6 Å². The lowest BCUT2D eigenvalue weighted by molar-refractivity contribution is -0.117. The molecule has 2 aromatic rings. The number of ether oxygens (including phenoxy) is 1. The van der Waals surface area contributed by atoms with Crippen molar-refractivity contribution >= 4 is 45.9 Å². The zero-order chi connectivity index (χ0) is 20.5.